The van der Waals surface area contributed by atoms with Crippen LogP contribution in [0.2, 0.25) is 0 Å². The molecule has 2 aromatic rings. The first-order valence-electron chi connectivity index (χ1n) is 6.02. The SMILES string of the molecule is CC(N)c1ccn(CC(=O)Nc2ccccc2Br)c1. The molecule has 2 rings (SSSR count). The molecule has 1 aromatic heterocycles. The first-order valence-corrected chi connectivity index (χ1v) is 6.81. The van der Waals surface area contributed by atoms with Gasteiger partial charge in [0.1, 0.15) is 6.54 Å². The Bertz CT molecular complexity index is 578. The molecule has 4 nitrogen and oxygen atoms in total. The minimum atomic E-state index is -0.0706. The Hall–Kier alpha value is -1.59. The molecule has 100 valence electrons. The zero-order chi connectivity index (χ0) is 13.8. The smallest absolute Gasteiger partial charge is 0.244 e. The second kappa shape index (κ2) is 6.04. The van der Waals surface area contributed by atoms with Crippen molar-refractivity contribution in [1.29, 1.82) is 0 Å². The van der Waals surface area contributed by atoms with Crippen molar-refractivity contribution >= 4 is 27.5 Å². The second-order valence-corrected chi connectivity index (χ2v) is 5.29. The highest BCUT2D eigenvalue weighted by atomic mass is 79.9. The Balaban J connectivity index is 1.99. The van der Waals surface area contributed by atoms with Crippen LogP contribution >= 0.6 is 15.9 Å². The summed E-state index contributed by atoms with van der Waals surface area (Å²) < 4.78 is 2.69. The molecule has 0 aliphatic rings. The molecule has 0 aliphatic heterocycles. The van der Waals surface area contributed by atoms with Crippen molar-refractivity contribution < 1.29 is 4.79 Å². The highest BCUT2D eigenvalue weighted by Gasteiger charge is 2.07. The van der Waals surface area contributed by atoms with Crippen molar-refractivity contribution in [3.63, 3.8) is 0 Å². The summed E-state index contributed by atoms with van der Waals surface area (Å²) in [5.41, 5.74) is 7.57. The molecule has 0 fully saturated rings. The monoisotopic (exact) mass is 321 g/mol. The third-order valence-electron chi connectivity index (χ3n) is 2.77. The lowest BCUT2D eigenvalue weighted by Crippen LogP contribution is -2.18. The van der Waals surface area contributed by atoms with Gasteiger partial charge in [-0.05, 0) is 46.6 Å². The maximum absolute atomic E-state index is 11.9. The summed E-state index contributed by atoms with van der Waals surface area (Å²) in [4.78, 5) is 11.9. The number of carbonyl (C=O) groups excluding carboxylic acids is 1. The van der Waals surface area contributed by atoms with Gasteiger partial charge in [0, 0.05) is 22.9 Å². The van der Waals surface area contributed by atoms with Gasteiger partial charge in [0.15, 0.2) is 0 Å². The molecular formula is C14H16BrN3O. The van der Waals surface area contributed by atoms with Crippen LogP contribution in [0.15, 0.2) is 47.2 Å². The van der Waals surface area contributed by atoms with Gasteiger partial charge in [-0.2, -0.15) is 0 Å². The van der Waals surface area contributed by atoms with Gasteiger partial charge in [-0.1, -0.05) is 12.1 Å². The number of carbonyl (C=O) groups is 1. The molecule has 3 N–H and O–H groups in total. The molecule has 1 unspecified atom stereocenters. The fraction of sp³-hybridized carbons (Fsp3) is 0.214. The fourth-order valence-electron chi connectivity index (χ4n) is 1.75. The number of halogens is 1. The number of para-hydroxylation sites is 1. The van der Waals surface area contributed by atoms with Crippen molar-refractivity contribution in [3.8, 4) is 0 Å². The number of nitrogens with zero attached hydrogens (tertiary/aromatic N) is 1. The van der Waals surface area contributed by atoms with E-state index in [-0.39, 0.29) is 18.5 Å². The van der Waals surface area contributed by atoms with E-state index < -0.39 is 0 Å². The van der Waals surface area contributed by atoms with E-state index in [1.807, 2.05) is 54.2 Å². The van der Waals surface area contributed by atoms with Crippen LogP contribution in [0, 0.1) is 0 Å². The van der Waals surface area contributed by atoms with Crippen LogP contribution in [0.25, 0.3) is 0 Å². The lowest BCUT2D eigenvalue weighted by Gasteiger charge is -2.08. The van der Waals surface area contributed by atoms with Gasteiger partial charge in [0.2, 0.25) is 5.91 Å². The Labute approximate surface area is 120 Å². The lowest BCUT2D eigenvalue weighted by atomic mass is 10.2. The van der Waals surface area contributed by atoms with E-state index in [0.717, 1.165) is 15.7 Å². The predicted octanol–water partition coefficient (Wildman–Crippen LogP) is 2.91. The minimum absolute atomic E-state index is 0.0208. The normalized spacial score (nSPS) is 12.2. The molecule has 0 bridgehead atoms. The molecule has 0 aliphatic carbocycles. The largest absolute Gasteiger partial charge is 0.345 e. The van der Waals surface area contributed by atoms with Gasteiger partial charge in [0.25, 0.3) is 0 Å². The van der Waals surface area contributed by atoms with E-state index in [9.17, 15) is 4.79 Å². The number of amides is 1. The zero-order valence-corrected chi connectivity index (χ0v) is 12.2. The second-order valence-electron chi connectivity index (χ2n) is 4.43. The highest BCUT2D eigenvalue weighted by molar-refractivity contribution is 9.10. The third-order valence-corrected chi connectivity index (χ3v) is 3.46. The van der Waals surface area contributed by atoms with E-state index >= 15 is 0 Å². The molecule has 0 saturated heterocycles. The predicted molar refractivity (Wildman–Crippen MR) is 79.8 cm³/mol. The number of nitrogens with two attached hydrogens (primary N) is 1. The van der Waals surface area contributed by atoms with Gasteiger partial charge in [-0.3, -0.25) is 4.79 Å². The van der Waals surface area contributed by atoms with Crippen LogP contribution in [-0.4, -0.2) is 10.5 Å². The van der Waals surface area contributed by atoms with E-state index in [0.29, 0.717) is 0 Å². The summed E-state index contributed by atoms with van der Waals surface area (Å²) in [6.07, 6.45) is 3.75. The highest BCUT2D eigenvalue weighted by Crippen LogP contribution is 2.21. The molecule has 5 heteroatoms. The van der Waals surface area contributed by atoms with Crippen LogP contribution in [0.4, 0.5) is 5.69 Å². The fourth-order valence-corrected chi connectivity index (χ4v) is 2.13. The van der Waals surface area contributed by atoms with Gasteiger partial charge >= 0.3 is 0 Å². The standard InChI is InChI=1S/C14H16BrN3O/c1-10(16)11-6-7-18(8-11)9-14(19)17-13-5-3-2-4-12(13)15/h2-8,10H,9,16H2,1H3,(H,17,19). The molecule has 19 heavy (non-hydrogen) atoms. The minimum Gasteiger partial charge on any atom is -0.345 e. The summed E-state index contributed by atoms with van der Waals surface area (Å²) in [5, 5.41) is 2.86. The van der Waals surface area contributed by atoms with Crippen LogP contribution < -0.4 is 11.1 Å². The van der Waals surface area contributed by atoms with E-state index in [2.05, 4.69) is 21.2 Å². The summed E-state index contributed by atoms with van der Waals surface area (Å²) in [6.45, 7) is 2.19. The number of nitrogens with one attached hydrogen (secondary N) is 1. The maximum Gasteiger partial charge on any atom is 0.244 e. The number of hydrogen-bond acceptors (Lipinski definition) is 2. The molecule has 1 amide bonds. The van der Waals surface area contributed by atoms with Crippen molar-refractivity contribution in [3.05, 3.63) is 52.8 Å². The Morgan fingerprint density at radius 2 is 2.16 bits per heavy atom. The van der Waals surface area contributed by atoms with E-state index in [1.165, 1.54) is 0 Å². The van der Waals surface area contributed by atoms with Crippen LogP contribution in [-0.2, 0) is 11.3 Å². The number of hydrogen-bond donors (Lipinski definition) is 2. The number of aromatic nitrogens is 1. The number of rotatable bonds is 4. The first-order chi connectivity index (χ1) is 9.06. The zero-order valence-electron chi connectivity index (χ0n) is 10.6. The van der Waals surface area contributed by atoms with Crippen LogP contribution in [0.1, 0.15) is 18.5 Å². The Morgan fingerprint density at radius 3 is 2.79 bits per heavy atom. The van der Waals surface area contributed by atoms with Crippen molar-refractivity contribution in [1.82, 2.24) is 4.57 Å². The molecular weight excluding hydrogens is 306 g/mol. The van der Waals surface area contributed by atoms with E-state index in [4.69, 9.17) is 5.73 Å². The van der Waals surface area contributed by atoms with Gasteiger partial charge in [0.05, 0.1) is 5.69 Å². The van der Waals surface area contributed by atoms with Crippen molar-refractivity contribution in [2.45, 2.75) is 19.5 Å². The number of benzene rings is 1. The summed E-state index contributed by atoms with van der Waals surface area (Å²) in [5.74, 6) is -0.0706. The lowest BCUT2D eigenvalue weighted by molar-refractivity contribution is -0.116. The van der Waals surface area contributed by atoms with Crippen molar-refractivity contribution in [2.24, 2.45) is 5.73 Å². The van der Waals surface area contributed by atoms with Crippen LogP contribution in [0.3, 0.4) is 0 Å². The summed E-state index contributed by atoms with van der Waals surface area (Å²) in [6, 6.07) is 9.43. The Morgan fingerprint density at radius 1 is 1.42 bits per heavy atom. The molecule has 0 spiro atoms. The summed E-state index contributed by atoms with van der Waals surface area (Å²) >= 11 is 3.40. The van der Waals surface area contributed by atoms with Gasteiger partial charge in [-0.15, -0.1) is 0 Å². The molecule has 1 heterocycles. The first kappa shape index (κ1) is 13.8. The van der Waals surface area contributed by atoms with E-state index in [1.54, 1.807) is 0 Å². The topological polar surface area (TPSA) is 60.0 Å². The van der Waals surface area contributed by atoms with Crippen LogP contribution in [0.5, 0.6) is 0 Å². The average molecular weight is 322 g/mol. The molecule has 0 radical (unpaired) electrons. The quantitative estimate of drug-likeness (QED) is 0.909. The van der Waals surface area contributed by atoms with Gasteiger partial charge < -0.3 is 15.6 Å². The summed E-state index contributed by atoms with van der Waals surface area (Å²) in [7, 11) is 0. The molecule has 0 saturated carbocycles. The molecule has 1 aromatic carbocycles. The maximum atomic E-state index is 11.9. The Kier molecular flexibility index (Phi) is 4.39. The average Bonchev–Trinajstić information content (AvgIpc) is 2.80. The third kappa shape index (κ3) is 3.68. The number of anilines is 1. The van der Waals surface area contributed by atoms with Gasteiger partial charge in [-0.25, -0.2) is 0 Å². The van der Waals surface area contributed by atoms with Crippen molar-refractivity contribution in [2.75, 3.05) is 5.32 Å². The molecule has 1 atom stereocenters.